The number of fused-ring (bicyclic) bond motifs is 3. The molecule has 7 nitrogen and oxygen atoms in total. The summed E-state index contributed by atoms with van der Waals surface area (Å²) in [6, 6.07) is 6.69. The third-order valence-electron chi connectivity index (χ3n) is 6.06. The maximum absolute atomic E-state index is 15.0. The monoisotopic (exact) mass is 497 g/mol. The summed E-state index contributed by atoms with van der Waals surface area (Å²) in [6.07, 6.45) is 4.88. The Morgan fingerprint density at radius 1 is 1.32 bits per heavy atom. The van der Waals surface area contributed by atoms with Gasteiger partial charge in [-0.2, -0.15) is 0 Å². The van der Waals surface area contributed by atoms with Crippen LogP contribution in [-0.2, 0) is 6.54 Å². The van der Waals surface area contributed by atoms with Gasteiger partial charge in [-0.15, -0.1) is 11.3 Å². The third-order valence-corrected chi connectivity index (χ3v) is 7.44. The van der Waals surface area contributed by atoms with E-state index < -0.39 is 11.4 Å². The number of ether oxygens (including phenoxy) is 1. The first-order chi connectivity index (χ1) is 16.5. The first kappa shape index (κ1) is 21.1. The van der Waals surface area contributed by atoms with Crippen LogP contribution in [0.2, 0.25) is 5.02 Å². The van der Waals surface area contributed by atoms with Crippen molar-refractivity contribution >= 4 is 43.2 Å². The van der Waals surface area contributed by atoms with Gasteiger partial charge in [0.15, 0.2) is 12.1 Å². The minimum Gasteiger partial charge on any atom is -0.505 e. The van der Waals surface area contributed by atoms with Gasteiger partial charge in [0.25, 0.3) is 5.56 Å². The van der Waals surface area contributed by atoms with Crippen molar-refractivity contribution in [3.05, 3.63) is 69.4 Å². The Morgan fingerprint density at radius 2 is 2.15 bits per heavy atom. The molecule has 172 valence electrons. The quantitative estimate of drug-likeness (QED) is 0.335. The molecule has 0 unspecified atom stereocenters. The minimum atomic E-state index is -0.690. The maximum Gasteiger partial charge on any atom is 0.263 e. The first-order valence-corrected chi connectivity index (χ1v) is 11.8. The Kier molecular flexibility index (Phi) is 4.86. The van der Waals surface area contributed by atoms with Crippen LogP contribution in [0.5, 0.6) is 11.5 Å². The number of rotatable bonds is 5. The van der Waals surface area contributed by atoms with E-state index in [1.165, 1.54) is 17.2 Å². The van der Waals surface area contributed by atoms with Crippen molar-refractivity contribution in [2.75, 3.05) is 7.11 Å². The lowest BCUT2D eigenvalue weighted by Crippen LogP contribution is -2.24. The maximum atomic E-state index is 15.0. The number of methoxy groups -OCH3 is 1. The molecule has 0 bridgehead atoms. The number of aromatic nitrogens is 3. The highest BCUT2D eigenvalue weighted by atomic mass is 35.5. The normalized spacial score (nSPS) is 13.7. The molecule has 0 atom stereocenters. The molecule has 6 rings (SSSR count). The second kappa shape index (κ2) is 7.82. The van der Waals surface area contributed by atoms with Gasteiger partial charge in [-0.25, -0.2) is 14.4 Å². The van der Waals surface area contributed by atoms with Crippen LogP contribution >= 0.6 is 22.9 Å². The Morgan fingerprint density at radius 3 is 2.85 bits per heavy atom. The van der Waals surface area contributed by atoms with Gasteiger partial charge in [-0.05, 0) is 48.6 Å². The lowest BCUT2D eigenvalue weighted by Gasteiger charge is -2.15. The third kappa shape index (κ3) is 3.26. The first-order valence-electron chi connectivity index (χ1n) is 10.6. The largest absolute Gasteiger partial charge is 0.505 e. The molecule has 2 aromatic carbocycles. The number of phenols is 1. The summed E-state index contributed by atoms with van der Waals surface area (Å²) in [4.78, 5) is 22.9. The van der Waals surface area contributed by atoms with Gasteiger partial charge in [0.2, 0.25) is 0 Å². The van der Waals surface area contributed by atoms with Crippen LogP contribution in [0.4, 0.5) is 4.39 Å². The van der Waals surface area contributed by atoms with Crippen molar-refractivity contribution in [2.45, 2.75) is 25.3 Å². The van der Waals surface area contributed by atoms with Crippen LogP contribution in [-0.4, -0.2) is 26.8 Å². The Hall–Kier alpha value is -3.43. The summed E-state index contributed by atoms with van der Waals surface area (Å²) in [7, 11) is 1.61. The van der Waals surface area contributed by atoms with E-state index in [-0.39, 0.29) is 32.8 Å². The molecule has 3 aromatic heterocycles. The summed E-state index contributed by atoms with van der Waals surface area (Å²) in [5.74, 6) is 0.989. The van der Waals surface area contributed by atoms with Gasteiger partial charge in [-0.1, -0.05) is 11.6 Å². The molecule has 34 heavy (non-hydrogen) atoms. The van der Waals surface area contributed by atoms with Gasteiger partial charge in [0, 0.05) is 10.9 Å². The van der Waals surface area contributed by atoms with Gasteiger partial charge in [0.1, 0.15) is 28.0 Å². The van der Waals surface area contributed by atoms with E-state index in [0.29, 0.717) is 22.3 Å². The number of oxazole rings is 1. The summed E-state index contributed by atoms with van der Waals surface area (Å²) in [6.45, 7) is 0.0613. The van der Waals surface area contributed by atoms with Crippen LogP contribution < -0.4 is 10.3 Å². The molecule has 5 aromatic rings. The second-order valence-electron chi connectivity index (χ2n) is 8.20. The molecule has 0 radical (unpaired) electrons. The van der Waals surface area contributed by atoms with E-state index in [4.69, 9.17) is 25.7 Å². The molecule has 0 saturated heterocycles. The van der Waals surface area contributed by atoms with E-state index in [0.717, 1.165) is 47.1 Å². The standard InChI is InChI=1S/C24H17ClFN3O4S/c1-32-12-4-5-14(15(6-12)11-2-3-11)22-28-23-19(24(31)29(22)9-13-8-27-10-33-13)18-17(26)7-16(25)20(30)21(18)34-23/h4-8,10-11,30H,2-3,9H2,1H3. The van der Waals surface area contributed by atoms with Crippen molar-refractivity contribution in [1.29, 1.82) is 0 Å². The van der Waals surface area contributed by atoms with Gasteiger partial charge in [0.05, 0.1) is 35.0 Å². The fourth-order valence-electron chi connectivity index (χ4n) is 4.27. The summed E-state index contributed by atoms with van der Waals surface area (Å²) in [5.41, 5.74) is 1.39. The van der Waals surface area contributed by atoms with E-state index >= 15 is 0 Å². The summed E-state index contributed by atoms with van der Waals surface area (Å²) >= 11 is 7.02. The topological polar surface area (TPSA) is 90.4 Å². The number of benzene rings is 2. The Labute approximate surface area is 201 Å². The SMILES string of the molecule is COc1ccc(-c2nc3sc4c(O)c(Cl)cc(F)c4c3c(=O)n2Cc2cnco2)c(C2CC2)c1. The molecular formula is C24H17ClFN3O4S. The van der Waals surface area contributed by atoms with Gasteiger partial charge in [-0.3, -0.25) is 9.36 Å². The number of nitrogens with zero attached hydrogens (tertiary/aromatic N) is 3. The zero-order chi connectivity index (χ0) is 23.6. The van der Waals surface area contributed by atoms with Crippen molar-refractivity contribution in [1.82, 2.24) is 14.5 Å². The number of halogens is 2. The predicted octanol–water partition coefficient (Wildman–Crippen LogP) is 5.70. The minimum absolute atomic E-state index is 0.00872. The van der Waals surface area contributed by atoms with E-state index in [2.05, 4.69) is 4.98 Å². The van der Waals surface area contributed by atoms with Crippen LogP contribution in [0.15, 0.2) is 46.1 Å². The van der Waals surface area contributed by atoms with Crippen molar-refractivity contribution in [2.24, 2.45) is 0 Å². The summed E-state index contributed by atoms with van der Waals surface area (Å²) in [5, 5.41) is 10.4. The number of thiophene rings is 1. The zero-order valence-electron chi connectivity index (χ0n) is 17.8. The molecule has 1 saturated carbocycles. The molecule has 0 aliphatic heterocycles. The molecule has 1 aliphatic rings. The lowest BCUT2D eigenvalue weighted by atomic mass is 10.0. The average Bonchev–Trinajstić information content (AvgIpc) is 3.40. The van der Waals surface area contributed by atoms with Crippen LogP contribution in [0.3, 0.4) is 0 Å². The lowest BCUT2D eigenvalue weighted by molar-refractivity contribution is 0.414. The number of phenolic OH excluding ortho intramolecular Hbond substituents is 1. The smallest absolute Gasteiger partial charge is 0.263 e. The van der Waals surface area contributed by atoms with E-state index in [9.17, 15) is 14.3 Å². The van der Waals surface area contributed by atoms with E-state index in [1.807, 2.05) is 18.2 Å². The molecular weight excluding hydrogens is 481 g/mol. The highest BCUT2D eigenvalue weighted by Gasteiger charge is 2.30. The number of aromatic hydroxyl groups is 1. The van der Waals surface area contributed by atoms with E-state index in [1.54, 1.807) is 7.11 Å². The van der Waals surface area contributed by atoms with Gasteiger partial charge < -0.3 is 14.3 Å². The van der Waals surface area contributed by atoms with Crippen molar-refractivity contribution in [3.63, 3.8) is 0 Å². The summed E-state index contributed by atoms with van der Waals surface area (Å²) < 4.78 is 27.4. The number of hydrogen-bond donors (Lipinski definition) is 1. The fourth-order valence-corrected chi connectivity index (χ4v) is 5.64. The molecule has 0 spiro atoms. The van der Waals surface area contributed by atoms with Crippen LogP contribution in [0, 0.1) is 5.82 Å². The van der Waals surface area contributed by atoms with Crippen LogP contribution in [0.25, 0.3) is 31.7 Å². The van der Waals surface area contributed by atoms with Crippen molar-refractivity contribution in [3.8, 4) is 22.9 Å². The molecule has 1 N–H and O–H groups in total. The average molecular weight is 498 g/mol. The second-order valence-corrected chi connectivity index (χ2v) is 9.60. The zero-order valence-corrected chi connectivity index (χ0v) is 19.4. The molecule has 10 heteroatoms. The molecule has 3 heterocycles. The Balaban J connectivity index is 1.70. The molecule has 1 aliphatic carbocycles. The number of hydrogen-bond acceptors (Lipinski definition) is 7. The fraction of sp³-hybridized carbons (Fsp3) is 0.208. The highest BCUT2D eigenvalue weighted by Crippen LogP contribution is 2.46. The molecule has 1 fully saturated rings. The molecule has 0 amide bonds. The van der Waals surface area contributed by atoms with Crippen molar-refractivity contribution < 1.29 is 18.7 Å². The van der Waals surface area contributed by atoms with Gasteiger partial charge >= 0.3 is 0 Å². The predicted molar refractivity (Wildman–Crippen MR) is 128 cm³/mol. The highest BCUT2D eigenvalue weighted by molar-refractivity contribution is 7.25. The Bertz CT molecular complexity index is 1640. The van der Waals surface area contributed by atoms with Crippen LogP contribution in [0.1, 0.15) is 30.1 Å².